The fraction of sp³-hybridized carbons (Fsp3) is 0.625. The van der Waals surface area contributed by atoms with Gasteiger partial charge in [-0.05, 0) is 6.92 Å². The molecule has 0 fully saturated rings. The molecule has 0 heterocycles. The summed E-state index contributed by atoms with van der Waals surface area (Å²) >= 11 is 0. The van der Waals surface area contributed by atoms with Gasteiger partial charge in [-0.3, -0.25) is 9.59 Å². The lowest BCUT2D eigenvalue weighted by atomic mass is 10.2. The van der Waals surface area contributed by atoms with Gasteiger partial charge in [-0.2, -0.15) is 0 Å². The molecule has 92 valence electrons. The van der Waals surface area contributed by atoms with Gasteiger partial charge in [0.15, 0.2) is 0 Å². The first kappa shape index (κ1) is 14.3. The molecule has 0 aromatic heterocycles. The number of nitrogens with one attached hydrogen (secondary N) is 1. The van der Waals surface area contributed by atoms with Crippen LogP contribution in [0.5, 0.6) is 0 Å². The zero-order chi connectivity index (χ0) is 12.7. The number of hydrogen-bond donors (Lipinski definition) is 3. The summed E-state index contributed by atoms with van der Waals surface area (Å²) in [4.78, 5) is 31.7. The van der Waals surface area contributed by atoms with E-state index >= 15 is 0 Å². The minimum atomic E-state index is -2.30. The molecule has 3 N–H and O–H groups in total. The van der Waals surface area contributed by atoms with E-state index < -0.39 is 36.7 Å². The Balaban J connectivity index is 4.34. The van der Waals surface area contributed by atoms with Gasteiger partial charge in [-0.25, -0.2) is 9.18 Å². The van der Waals surface area contributed by atoms with Crippen molar-refractivity contribution in [3.05, 3.63) is 0 Å². The van der Waals surface area contributed by atoms with Crippen molar-refractivity contribution >= 4 is 17.8 Å². The lowest BCUT2D eigenvalue weighted by Gasteiger charge is -2.14. The van der Waals surface area contributed by atoms with Crippen LogP contribution in [0.1, 0.15) is 13.3 Å². The number of carbonyl (C=O) groups is 3. The van der Waals surface area contributed by atoms with Crippen LogP contribution in [0, 0.1) is 0 Å². The van der Waals surface area contributed by atoms with Gasteiger partial charge >= 0.3 is 11.9 Å². The summed E-state index contributed by atoms with van der Waals surface area (Å²) in [7, 11) is 0. The largest absolute Gasteiger partial charge is 0.481 e. The SMILES string of the molecule is CCOC(F)C(=O)NC(CC(=O)O)C(=O)O. The van der Waals surface area contributed by atoms with Crippen molar-refractivity contribution in [2.24, 2.45) is 0 Å². The average molecular weight is 237 g/mol. The molecule has 0 rings (SSSR count). The van der Waals surface area contributed by atoms with Crippen LogP contribution in [0.3, 0.4) is 0 Å². The zero-order valence-corrected chi connectivity index (χ0v) is 8.47. The Morgan fingerprint density at radius 3 is 2.31 bits per heavy atom. The molecule has 0 aliphatic carbocycles. The van der Waals surface area contributed by atoms with Crippen molar-refractivity contribution < 1.29 is 33.7 Å². The van der Waals surface area contributed by atoms with Crippen molar-refractivity contribution in [3.8, 4) is 0 Å². The summed E-state index contributed by atoms with van der Waals surface area (Å²) in [5, 5.41) is 18.6. The first-order valence-corrected chi connectivity index (χ1v) is 4.39. The number of halogens is 1. The van der Waals surface area contributed by atoms with Crippen LogP contribution in [-0.4, -0.2) is 47.1 Å². The summed E-state index contributed by atoms with van der Waals surface area (Å²) < 4.78 is 17.1. The molecule has 0 spiro atoms. The molecule has 0 aliphatic rings. The fourth-order valence-electron chi connectivity index (χ4n) is 0.834. The highest BCUT2D eigenvalue weighted by Gasteiger charge is 2.27. The number of carbonyl (C=O) groups excluding carboxylic acids is 1. The first-order chi connectivity index (χ1) is 7.38. The third-order valence-electron chi connectivity index (χ3n) is 1.51. The van der Waals surface area contributed by atoms with Gasteiger partial charge in [0.2, 0.25) is 0 Å². The summed E-state index contributed by atoms with van der Waals surface area (Å²) in [6, 6.07) is -1.68. The third-order valence-corrected chi connectivity index (χ3v) is 1.51. The number of hydrogen-bond acceptors (Lipinski definition) is 4. The molecule has 2 atom stereocenters. The van der Waals surface area contributed by atoms with E-state index in [1.54, 1.807) is 5.32 Å². The van der Waals surface area contributed by atoms with Crippen molar-refractivity contribution in [2.75, 3.05) is 6.61 Å². The number of ether oxygens (including phenoxy) is 1. The van der Waals surface area contributed by atoms with Gasteiger partial charge in [0, 0.05) is 6.61 Å². The lowest BCUT2D eigenvalue weighted by Crippen LogP contribution is -2.46. The number of alkyl halides is 1. The highest BCUT2D eigenvalue weighted by atomic mass is 19.1. The van der Waals surface area contributed by atoms with Crippen molar-refractivity contribution in [1.82, 2.24) is 5.32 Å². The molecular formula is C8H12FNO6. The van der Waals surface area contributed by atoms with Crippen molar-refractivity contribution in [3.63, 3.8) is 0 Å². The fourth-order valence-corrected chi connectivity index (χ4v) is 0.834. The highest BCUT2D eigenvalue weighted by Crippen LogP contribution is 1.98. The van der Waals surface area contributed by atoms with Gasteiger partial charge < -0.3 is 20.3 Å². The van der Waals surface area contributed by atoms with Crippen LogP contribution in [0.2, 0.25) is 0 Å². The number of carboxylic acid groups (broad SMARTS) is 2. The number of aliphatic carboxylic acids is 2. The number of carboxylic acids is 2. The average Bonchev–Trinajstić information content (AvgIpc) is 2.16. The van der Waals surface area contributed by atoms with E-state index in [-0.39, 0.29) is 6.61 Å². The Morgan fingerprint density at radius 2 is 1.94 bits per heavy atom. The molecule has 0 bridgehead atoms. The van der Waals surface area contributed by atoms with Gasteiger partial charge in [0.1, 0.15) is 6.04 Å². The van der Waals surface area contributed by atoms with Crippen LogP contribution in [0.4, 0.5) is 4.39 Å². The molecule has 0 aromatic rings. The maximum absolute atomic E-state index is 12.8. The summed E-state index contributed by atoms with van der Waals surface area (Å²) in [6.45, 7) is 1.39. The van der Waals surface area contributed by atoms with E-state index in [0.29, 0.717) is 0 Å². The van der Waals surface area contributed by atoms with Gasteiger partial charge in [-0.15, -0.1) is 0 Å². The van der Waals surface area contributed by atoms with Crippen LogP contribution in [-0.2, 0) is 19.1 Å². The van der Waals surface area contributed by atoms with E-state index in [9.17, 15) is 18.8 Å². The topological polar surface area (TPSA) is 113 Å². The smallest absolute Gasteiger partial charge is 0.326 e. The molecule has 8 heteroatoms. The molecule has 0 saturated carbocycles. The summed E-state index contributed by atoms with van der Waals surface area (Å²) in [5.41, 5.74) is 0. The molecule has 7 nitrogen and oxygen atoms in total. The Hall–Kier alpha value is -1.70. The first-order valence-electron chi connectivity index (χ1n) is 4.39. The Kier molecular flexibility index (Phi) is 6.01. The maximum Gasteiger partial charge on any atom is 0.326 e. The molecule has 0 aromatic carbocycles. The molecule has 16 heavy (non-hydrogen) atoms. The van der Waals surface area contributed by atoms with E-state index in [1.165, 1.54) is 6.92 Å². The summed E-state index contributed by atoms with van der Waals surface area (Å²) in [6.07, 6.45) is -3.14. The van der Waals surface area contributed by atoms with Gasteiger partial charge in [0.25, 0.3) is 12.3 Å². The molecule has 0 aliphatic heterocycles. The molecule has 2 unspecified atom stereocenters. The molecule has 0 saturated heterocycles. The van der Waals surface area contributed by atoms with Crippen LogP contribution >= 0.6 is 0 Å². The predicted molar refractivity (Wildman–Crippen MR) is 48.3 cm³/mol. The van der Waals surface area contributed by atoms with Crippen LogP contribution < -0.4 is 5.32 Å². The van der Waals surface area contributed by atoms with E-state index in [4.69, 9.17) is 10.2 Å². The molecular weight excluding hydrogens is 225 g/mol. The lowest BCUT2D eigenvalue weighted by molar-refractivity contribution is -0.152. The number of rotatable bonds is 7. The molecule has 1 amide bonds. The van der Waals surface area contributed by atoms with Gasteiger partial charge in [0.05, 0.1) is 6.42 Å². The van der Waals surface area contributed by atoms with E-state index in [2.05, 4.69) is 4.74 Å². The Labute approximate surface area is 90.2 Å². The van der Waals surface area contributed by atoms with Gasteiger partial charge in [-0.1, -0.05) is 0 Å². The van der Waals surface area contributed by atoms with E-state index in [1.807, 2.05) is 0 Å². The van der Waals surface area contributed by atoms with Crippen LogP contribution in [0.15, 0.2) is 0 Å². The second kappa shape index (κ2) is 6.72. The monoisotopic (exact) mass is 237 g/mol. The Morgan fingerprint density at radius 1 is 1.38 bits per heavy atom. The quantitative estimate of drug-likeness (QED) is 0.543. The minimum absolute atomic E-state index is 0.0642. The highest BCUT2D eigenvalue weighted by molar-refractivity contribution is 5.88. The molecule has 0 radical (unpaired) electrons. The standard InChI is InChI=1S/C8H12FNO6/c1-2-16-6(9)7(13)10-4(8(14)15)3-5(11)12/h4,6H,2-3H2,1H3,(H,10,13)(H,11,12)(H,14,15). The van der Waals surface area contributed by atoms with Crippen LogP contribution in [0.25, 0.3) is 0 Å². The second-order valence-electron chi connectivity index (χ2n) is 2.77. The van der Waals surface area contributed by atoms with E-state index in [0.717, 1.165) is 0 Å². The zero-order valence-electron chi connectivity index (χ0n) is 8.47. The second-order valence-corrected chi connectivity index (χ2v) is 2.77. The normalized spacial score (nSPS) is 13.9. The maximum atomic E-state index is 12.8. The Bertz CT molecular complexity index is 282. The number of amides is 1. The third kappa shape index (κ3) is 5.25. The van der Waals surface area contributed by atoms with Crippen molar-refractivity contribution in [1.29, 1.82) is 0 Å². The summed E-state index contributed by atoms with van der Waals surface area (Å²) in [5.74, 6) is -4.28. The van der Waals surface area contributed by atoms with Crippen molar-refractivity contribution in [2.45, 2.75) is 25.7 Å². The predicted octanol–water partition coefficient (Wildman–Crippen LogP) is -0.637. The minimum Gasteiger partial charge on any atom is -0.481 e.